The summed E-state index contributed by atoms with van der Waals surface area (Å²) in [5.41, 5.74) is 0.526. The van der Waals surface area contributed by atoms with Gasteiger partial charge in [0.05, 0.1) is 31.0 Å². The van der Waals surface area contributed by atoms with E-state index in [-0.39, 0.29) is 16.8 Å². The van der Waals surface area contributed by atoms with Crippen LogP contribution < -0.4 is 10.6 Å². The summed E-state index contributed by atoms with van der Waals surface area (Å²) >= 11 is 0. The fourth-order valence-corrected chi connectivity index (χ4v) is 2.75. The molecule has 1 aromatic rings. The SMILES string of the molecule is COC(=O)c1ccc(C(=O)OC)c(NC(=O)N/C=C/C2CCCC2)c1. The zero-order chi connectivity index (χ0) is 18.2. The van der Waals surface area contributed by atoms with Crippen LogP contribution in [0.5, 0.6) is 0 Å². The van der Waals surface area contributed by atoms with Crippen LogP contribution in [0.1, 0.15) is 46.4 Å². The lowest BCUT2D eigenvalue weighted by molar-refractivity contribution is 0.0587. The summed E-state index contributed by atoms with van der Waals surface area (Å²) in [5, 5.41) is 5.17. The highest BCUT2D eigenvalue weighted by Crippen LogP contribution is 2.25. The van der Waals surface area contributed by atoms with Gasteiger partial charge in [0.15, 0.2) is 0 Å². The minimum Gasteiger partial charge on any atom is -0.465 e. The summed E-state index contributed by atoms with van der Waals surface area (Å²) < 4.78 is 9.34. The van der Waals surface area contributed by atoms with Crippen molar-refractivity contribution in [2.45, 2.75) is 25.7 Å². The number of ether oxygens (including phenoxy) is 2. The molecule has 0 unspecified atom stereocenters. The van der Waals surface area contributed by atoms with Crippen molar-refractivity contribution < 1.29 is 23.9 Å². The van der Waals surface area contributed by atoms with Gasteiger partial charge >= 0.3 is 18.0 Å². The summed E-state index contributed by atoms with van der Waals surface area (Å²) in [5.74, 6) is -0.692. The van der Waals surface area contributed by atoms with Gasteiger partial charge in [0.1, 0.15) is 0 Å². The third-order valence-electron chi connectivity index (χ3n) is 4.08. The topological polar surface area (TPSA) is 93.7 Å². The molecule has 0 spiro atoms. The molecule has 25 heavy (non-hydrogen) atoms. The van der Waals surface area contributed by atoms with Crippen LogP contribution in [0, 0.1) is 5.92 Å². The van der Waals surface area contributed by atoms with Crippen molar-refractivity contribution in [3.63, 3.8) is 0 Å². The maximum atomic E-state index is 12.1. The Morgan fingerprint density at radius 2 is 1.76 bits per heavy atom. The van der Waals surface area contributed by atoms with E-state index >= 15 is 0 Å². The van der Waals surface area contributed by atoms with Gasteiger partial charge in [-0.1, -0.05) is 18.9 Å². The maximum absolute atomic E-state index is 12.1. The molecule has 1 aliphatic carbocycles. The average molecular weight is 346 g/mol. The molecule has 7 heteroatoms. The second kappa shape index (κ2) is 8.86. The molecule has 1 saturated carbocycles. The molecule has 1 aliphatic rings. The molecule has 0 aliphatic heterocycles. The molecule has 2 rings (SSSR count). The van der Waals surface area contributed by atoms with Crippen LogP contribution >= 0.6 is 0 Å². The number of anilines is 1. The van der Waals surface area contributed by atoms with Gasteiger partial charge in [-0.15, -0.1) is 0 Å². The minimum absolute atomic E-state index is 0.144. The number of urea groups is 1. The number of carbonyl (C=O) groups excluding carboxylic acids is 3. The number of esters is 2. The van der Waals surface area contributed by atoms with Crippen LogP contribution in [0.15, 0.2) is 30.5 Å². The van der Waals surface area contributed by atoms with Gasteiger partial charge in [-0.25, -0.2) is 14.4 Å². The Bertz CT molecular complexity index is 678. The first-order valence-electron chi connectivity index (χ1n) is 8.10. The van der Waals surface area contributed by atoms with E-state index in [1.54, 1.807) is 6.20 Å². The van der Waals surface area contributed by atoms with Crippen molar-refractivity contribution in [2.75, 3.05) is 19.5 Å². The number of hydrogen-bond acceptors (Lipinski definition) is 5. The van der Waals surface area contributed by atoms with E-state index in [1.165, 1.54) is 45.3 Å². The zero-order valence-electron chi connectivity index (χ0n) is 14.3. The van der Waals surface area contributed by atoms with Crippen molar-refractivity contribution in [3.8, 4) is 0 Å². The summed E-state index contributed by atoms with van der Waals surface area (Å²) in [4.78, 5) is 35.5. The fourth-order valence-electron chi connectivity index (χ4n) is 2.75. The monoisotopic (exact) mass is 346 g/mol. The maximum Gasteiger partial charge on any atom is 0.339 e. The number of hydrogen-bond donors (Lipinski definition) is 2. The van der Waals surface area contributed by atoms with E-state index < -0.39 is 18.0 Å². The Balaban J connectivity index is 2.10. The van der Waals surface area contributed by atoms with Crippen LogP contribution in [0.4, 0.5) is 10.5 Å². The van der Waals surface area contributed by atoms with Crippen molar-refractivity contribution >= 4 is 23.7 Å². The molecular formula is C18H22N2O5. The van der Waals surface area contributed by atoms with Gasteiger partial charge in [-0.2, -0.15) is 0 Å². The predicted octanol–water partition coefficient (Wildman–Crippen LogP) is 3.09. The third kappa shape index (κ3) is 5.07. The Kier molecular flexibility index (Phi) is 6.56. The molecule has 0 atom stereocenters. The molecule has 0 bridgehead atoms. The number of carbonyl (C=O) groups is 3. The fraction of sp³-hybridized carbons (Fsp3) is 0.389. The molecular weight excluding hydrogens is 324 g/mol. The van der Waals surface area contributed by atoms with Crippen LogP contribution in [-0.2, 0) is 9.47 Å². The lowest BCUT2D eigenvalue weighted by atomic mass is 10.1. The van der Waals surface area contributed by atoms with Crippen molar-refractivity contribution in [3.05, 3.63) is 41.6 Å². The van der Waals surface area contributed by atoms with Crippen molar-refractivity contribution in [1.82, 2.24) is 5.32 Å². The first-order valence-corrected chi connectivity index (χ1v) is 8.10. The van der Waals surface area contributed by atoms with E-state index in [0.717, 1.165) is 12.8 Å². The number of amides is 2. The summed E-state index contributed by atoms with van der Waals surface area (Å²) in [6.07, 6.45) is 8.26. The molecule has 1 aromatic carbocycles. The normalized spacial score (nSPS) is 14.3. The Morgan fingerprint density at radius 1 is 1.08 bits per heavy atom. The molecule has 0 aromatic heterocycles. The smallest absolute Gasteiger partial charge is 0.339 e. The second-order valence-corrected chi connectivity index (χ2v) is 5.75. The summed E-state index contributed by atoms with van der Waals surface area (Å²) in [6, 6.07) is 3.70. The van der Waals surface area contributed by atoms with Crippen LogP contribution in [0.25, 0.3) is 0 Å². The van der Waals surface area contributed by atoms with Gasteiger partial charge in [0, 0.05) is 6.20 Å². The van der Waals surface area contributed by atoms with Gasteiger partial charge in [-0.3, -0.25) is 0 Å². The van der Waals surface area contributed by atoms with Crippen molar-refractivity contribution in [1.29, 1.82) is 0 Å². The highest BCUT2D eigenvalue weighted by atomic mass is 16.5. The number of methoxy groups -OCH3 is 2. The molecule has 2 N–H and O–H groups in total. The van der Waals surface area contributed by atoms with Gasteiger partial charge in [0.2, 0.25) is 0 Å². The highest BCUT2D eigenvalue weighted by molar-refractivity contribution is 6.03. The standard InChI is InChI=1S/C18H22N2O5/c1-24-16(21)13-7-8-14(17(22)25-2)15(11-13)20-18(23)19-10-9-12-5-3-4-6-12/h7-12H,3-6H2,1-2H3,(H2,19,20,23)/b10-9+. The number of nitrogens with one attached hydrogen (secondary N) is 2. The van der Waals surface area contributed by atoms with E-state index in [4.69, 9.17) is 4.74 Å². The largest absolute Gasteiger partial charge is 0.465 e. The molecule has 1 fully saturated rings. The van der Waals surface area contributed by atoms with E-state index in [1.807, 2.05) is 6.08 Å². The molecule has 7 nitrogen and oxygen atoms in total. The summed E-state index contributed by atoms with van der Waals surface area (Å²) in [6.45, 7) is 0. The first-order chi connectivity index (χ1) is 12.0. The molecule has 0 radical (unpaired) electrons. The first kappa shape index (κ1) is 18.5. The van der Waals surface area contributed by atoms with E-state index in [0.29, 0.717) is 5.92 Å². The van der Waals surface area contributed by atoms with E-state index in [2.05, 4.69) is 15.4 Å². The van der Waals surface area contributed by atoms with Gasteiger partial charge < -0.3 is 20.1 Å². The second-order valence-electron chi connectivity index (χ2n) is 5.75. The molecule has 0 saturated heterocycles. The Labute approximate surface area is 146 Å². The number of rotatable bonds is 5. The lowest BCUT2D eigenvalue weighted by Crippen LogP contribution is -2.25. The molecule has 134 valence electrons. The van der Waals surface area contributed by atoms with Crippen LogP contribution in [0.2, 0.25) is 0 Å². The number of benzene rings is 1. The zero-order valence-corrected chi connectivity index (χ0v) is 14.3. The van der Waals surface area contributed by atoms with E-state index in [9.17, 15) is 14.4 Å². The summed E-state index contributed by atoms with van der Waals surface area (Å²) in [7, 11) is 2.49. The van der Waals surface area contributed by atoms with Gasteiger partial charge in [0.25, 0.3) is 0 Å². The molecule has 0 heterocycles. The highest BCUT2D eigenvalue weighted by Gasteiger charge is 2.17. The Morgan fingerprint density at radius 3 is 2.40 bits per heavy atom. The Hall–Kier alpha value is -2.83. The van der Waals surface area contributed by atoms with Gasteiger partial charge in [-0.05, 0) is 37.0 Å². The lowest BCUT2D eigenvalue weighted by Gasteiger charge is -2.11. The number of allylic oxidation sites excluding steroid dienone is 1. The van der Waals surface area contributed by atoms with Crippen LogP contribution in [-0.4, -0.2) is 32.2 Å². The third-order valence-corrected chi connectivity index (χ3v) is 4.08. The van der Waals surface area contributed by atoms with Crippen LogP contribution in [0.3, 0.4) is 0 Å². The average Bonchev–Trinajstić information content (AvgIpc) is 3.13. The molecule has 2 amide bonds. The quantitative estimate of drug-likeness (QED) is 0.799. The predicted molar refractivity (Wildman–Crippen MR) is 92.4 cm³/mol. The minimum atomic E-state index is -0.617. The van der Waals surface area contributed by atoms with Crippen molar-refractivity contribution in [2.24, 2.45) is 5.92 Å².